The summed E-state index contributed by atoms with van der Waals surface area (Å²) in [5, 5.41) is 40.6. The second-order valence-corrected chi connectivity index (χ2v) is 16.1. The van der Waals surface area contributed by atoms with E-state index >= 15 is 0 Å². The molecular weight excluding hydrogens is 972 g/mol. The predicted molar refractivity (Wildman–Crippen MR) is 256 cm³/mol. The first kappa shape index (κ1) is 46.9. The first-order valence-electron chi connectivity index (χ1n) is 19.9. The molecule has 8 aromatic carbocycles. The van der Waals surface area contributed by atoms with Gasteiger partial charge in [0.05, 0.1) is 42.7 Å². The van der Waals surface area contributed by atoms with Crippen LogP contribution in [0.3, 0.4) is 0 Å². The number of benzene rings is 8. The Morgan fingerprint density at radius 2 is 0.591 bits per heavy atom. The number of rotatable bonds is 4. The van der Waals surface area contributed by atoms with E-state index in [0.29, 0.717) is 22.9 Å². The first-order chi connectivity index (χ1) is 31.4. The van der Waals surface area contributed by atoms with Crippen molar-refractivity contribution >= 4 is 65.3 Å². The fourth-order valence-electron chi connectivity index (χ4n) is 6.57. The summed E-state index contributed by atoms with van der Waals surface area (Å²) >= 11 is 3.19. The molecule has 4 heterocycles. The number of para-hydroxylation sites is 10. The molecule has 0 saturated carbocycles. The Kier molecular flexibility index (Phi) is 15.4. The second kappa shape index (κ2) is 21.7. The van der Waals surface area contributed by atoms with Crippen molar-refractivity contribution in [1.82, 2.24) is 19.9 Å². The number of aromatic hydroxyl groups is 4. The third-order valence-corrected chi connectivity index (χ3v) is 11.9. The van der Waals surface area contributed by atoms with Crippen LogP contribution in [0.1, 0.15) is 0 Å². The van der Waals surface area contributed by atoms with E-state index in [-0.39, 0.29) is 62.0 Å². The summed E-state index contributed by atoms with van der Waals surface area (Å²) in [7, 11) is 0. The zero-order valence-corrected chi connectivity index (χ0v) is 42.7. The number of aromatic nitrogens is 4. The Morgan fingerprint density at radius 1 is 0.303 bits per heavy atom. The minimum Gasteiger partial charge on any atom is -0.507 e. The SMILES string of the molecule is Oc1ccccc1-c1nc2ccccc2o1.Oc1ccccc1-c1nc2ccccc2o1.Oc1ccccc1-c1nc2ccccc2s1.Oc1ccccc1-c1nc2ccccc2s1.[Zn].[Zn]. The molecule has 12 rings (SSSR count). The zero-order chi connectivity index (χ0) is 43.8. The standard InChI is InChI=1S/2C13H9NO2.2C13H9NOS.2Zn/c4*15-11-7-3-1-5-9(11)13-14-10-6-2-4-8-12(10)16-13;;/h4*1-8,15H;;. The van der Waals surface area contributed by atoms with Crippen molar-refractivity contribution in [3.63, 3.8) is 0 Å². The minimum absolute atomic E-state index is 0. The van der Waals surface area contributed by atoms with Crippen LogP contribution in [-0.4, -0.2) is 40.4 Å². The third-order valence-electron chi connectivity index (χ3n) is 9.71. The average molecular weight is 1010 g/mol. The summed E-state index contributed by atoms with van der Waals surface area (Å²) in [5.74, 6) is 1.80. The molecule has 4 N–H and O–H groups in total. The van der Waals surface area contributed by atoms with Gasteiger partial charge in [0.15, 0.2) is 11.2 Å². The van der Waals surface area contributed by atoms with Crippen molar-refractivity contribution in [2.45, 2.75) is 0 Å². The van der Waals surface area contributed by atoms with E-state index in [2.05, 4.69) is 19.9 Å². The van der Waals surface area contributed by atoms with Crippen LogP contribution in [-0.2, 0) is 39.0 Å². The maximum absolute atomic E-state index is 9.76. The van der Waals surface area contributed by atoms with Gasteiger partial charge in [0.25, 0.3) is 0 Å². The van der Waals surface area contributed by atoms with E-state index in [9.17, 15) is 20.4 Å². The zero-order valence-electron chi connectivity index (χ0n) is 35.1. The van der Waals surface area contributed by atoms with Gasteiger partial charge in [-0.25, -0.2) is 19.9 Å². The molecule has 14 heteroatoms. The summed E-state index contributed by atoms with van der Waals surface area (Å²) in [6, 6.07) is 59.6. The van der Waals surface area contributed by atoms with Crippen LogP contribution in [0.2, 0.25) is 0 Å². The Hall–Kier alpha value is -7.07. The number of nitrogens with zero attached hydrogens (tertiary/aromatic N) is 4. The van der Waals surface area contributed by atoms with Crippen LogP contribution in [0.25, 0.3) is 86.7 Å². The van der Waals surface area contributed by atoms with E-state index in [1.807, 2.05) is 146 Å². The molecule has 0 radical (unpaired) electrons. The van der Waals surface area contributed by atoms with Gasteiger partial charge in [-0.2, -0.15) is 0 Å². The molecule has 0 fully saturated rings. The topological polar surface area (TPSA) is 159 Å². The summed E-state index contributed by atoms with van der Waals surface area (Å²) < 4.78 is 13.4. The average Bonchev–Trinajstić information content (AvgIpc) is 4.15. The van der Waals surface area contributed by atoms with Gasteiger partial charge in [0.2, 0.25) is 11.8 Å². The van der Waals surface area contributed by atoms with Crippen molar-refractivity contribution in [3.05, 3.63) is 194 Å². The van der Waals surface area contributed by atoms with Gasteiger partial charge >= 0.3 is 0 Å². The van der Waals surface area contributed by atoms with Crippen molar-refractivity contribution in [1.29, 1.82) is 0 Å². The normalized spacial score (nSPS) is 10.4. The van der Waals surface area contributed by atoms with Crippen LogP contribution < -0.4 is 0 Å². The number of oxazole rings is 2. The third kappa shape index (κ3) is 10.7. The maximum atomic E-state index is 9.76. The van der Waals surface area contributed by atoms with E-state index in [4.69, 9.17) is 8.83 Å². The van der Waals surface area contributed by atoms with Crippen molar-refractivity contribution < 1.29 is 68.2 Å². The minimum atomic E-state index is 0. The largest absolute Gasteiger partial charge is 0.507 e. The fraction of sp³-hybridized carbons (Fsp3) is 0. The smallest absolute Gasteiger partial charge is 0.231 e. The van der Waals surface area contributed by atoms with Crippen LogP contribution in [0.15, 0.2) is 203 Å². The van der Waals surface area contributed by atoms with Gasteiger partial charge in [-0.05, 0) is 97.1 Å². The van der Waals surface area contributed by atoms with E-state index in [1.165, 1.54) is 0 Å². The molecule has 0 atom stereocenters. The van der Waals surface area contributed by atoms with Gasteiger partial charge in [0, 0.05) is 39.0 Å². The number of hydrogen-bond acceptors (Lipinski definition) is 12. The molecule has 10 nitrogen and oxygen atoms in total. The molecule has 0 bridgehead atoms. The Bertz CT molecular complexity index is 2920. The quantitative estimate of drug-likeness (QED) is 0.125. The predicted octanol–water partition coefficient (Wildman–Crippen LogP) is 13.7. The molecular formula is C52H36N4O6S2Zn2. The van der Waals surface area contributed by atoms with E-state index in [1.54, 1.807) is 71.2 Å². The Balaban J connectivity index is 0.000000130. The molecule has 0 spiro atoms. The number of phenolic OH excluding ortho intramolecular Hbond substituents is 4. The van der Waals surface area contributed by atoms with Crippen LogP contribution in [0.4, 0.5) is 0 Å². The van der Waals surface area contributed by atoms with Gasteiger partial charge in [-0.15, -0.1) is 22.7 Å². The molecule has 0 aliphatic carbocycles. The summed E-state index contributed by atoms with van der Waals surface area (Å²) in [6.07, 6.45) is 0. The summed E-state index contributed by atoms with van der Waals surface area (Å²) in [5.41, 5.74) is 7.80. The molecule has 66 heavy (non-hydrogen) atoms. The van der Waals surface area contributed by atoms with Crippen molar-refractivity contribution in [3.8, 4) is 67.0 Å². The van der Waals surface area contributed by atoms with E-state index in [0.717, 1.165) is 63.8 Å². The molecule has 12 aromatic rings. The van der Waals surface area contributed by atoms with Crippen LogP contribution in [0, 0.1) is 0 Å². The first-order valence-corrected chi connectivity index (χ1v) is 21.6. The molecule has 0 saturated heterocycles. The maximum Gasteiger partial charge on any atom is 0.231 e. The van der Waals surface area contributed by atoms with E-state index < -0.39 is 0 Å². The van der Waals surface area contributed by atoms with Gasteiger partial charge in [0.1, 0.15) is 44.0 Å². The molecule has 0 aliphatic heterocycles. The molecule has 0 amide bonds. The van der Waals surface area contributed by atoms with Gasteiger partial charge < -0.3 is 29.3 Å². The number of hydrogen-bond donors (Lipinski definition) is 4. The molecule has 316 valence electrons. The van der Waals surface area contributed by atoms with Crippen molar-refractivity contribution in [2.75, 3.05) is 0 Å². The van der Waals surface area contributed by atoms with Gasteiger partial charge in [-0.3, -0.25) is 0 Å². The second-order valence-electron chi connectivity index (χ2n) is 14.0. The fourth-order valence-corrected chi connectivity index (χ4v) is 8.57. The number of thiazole rings is 2. The van der Waals surface area contributed by atoms with Crippen LogP contribution in [0.5, 0.6) is 23.0 Å². The summed E-state index contributed by atoms with van der Waals surface area (Å²) in [6.45, 7) is 0. The number of phenols is 4. The molecule has 4 aromatic heterocycles. The molecule has 0 unspecified atom stereocenters. The van der Waals surface area contributed by atoms with Crippen molar-refractivity contribution in [2.24, 2.45) is 0 Å². The van der Waals surface area contributed by atoms with Crippen LogP contribution >= 0.6 is 22.7 Å². The van der Waals surface area contributed by atoms with Gasteiger partial charge in [-0.1, -0.05) is 97.1 Å². The Labute approximate surface area is 411 Å². The molecule has 0 aliphatic rings. The monoisotopic (exact) mass is 1000 g/mol. The number of fused-ring (bicyclic) bond motifs is 4. The Morgan fingerprint density at radius 3 is 0.924 bits per heavy atom. The summed E-state index contributed by atoms with van der Waals surface area (Å²) in [4.78, 5) is 17.6.